The molecule has 0 saturated carbocycles. The highest BCUT2D eigenvalue weighted by molar-refractivity contribution is 9.11. The molecule has 0 spiro atoms. The van der Waals surface area contributed by atoms with Crippen molar-refractivity contribution in [1.82, 2.24) is 4.31 Å². The molecule has 7 heteroatoms. The van der Waals surface area contributed by atoms with Gasteiger partial charge in [-0.05, 0) is 34.3 Å². The Morgan fingerprint density at radius 1 is 1.50 bits per heavy atom. The van der Waals surface area contributed by atoms with Crippen LogP contribution in [0.15, 0.2) is 14.7 Å². The molecule has 104 valence electrons. The van der Waals surface area contributed by atoms with Crippen molar-refractivity contribution in [2.45, 2.75) is 31.7 Å². The maximum atomic E-state index is 12.4. The predicted octanol–water partition coefficient (Wildman–Crippen LogP) is 2.64. The third-order valence-corrected chi connectivity index (χ3v) is 6.75. The van der Waals surface area contributed by atoms with Crippen molar-refractivity contribution in [3.05, 3.63) is 14.7 Å². The van der Waals surface area contributed by atoms with Gasteiger partial charge in [-0.1, -0.05) is 13.8 Å². The SMILES string of the molecule is CC(C)CCN(C)S(=O)(=O)c1cc(CN)sc1Br. The third-order valence-electron chi connectivity index (χ3n) is 2.62. The van der Waals surface area contributed by atoms with E-state index in [1.807, 2.05) is 0 Å². The average molecular weight is 355 g/mol. The van der Waals surface area contributed by atoms with Gasteiger partial charge in [0.15, 0.2) is 0 Å². The van der Waals surface area contributed by atoms with E-state index < -0.39 is 10.0 Å². The summed E-state index contributed by atoms with van der Waals surface area (Å²) in [6.45, 7) is 5.04. The average Bonchev–Trinajstić information content (AvgIpc) is 2.67. The van der Waals surface area contributed by atoms with Crippen molar-refractivity contribution < 1.29 is 8.42 Å². The van der Waals surface area contributed by atoms with Gasteiger partial charge in [-0.25, -0.2) is 12.7 Å². The van der Waals surface area contributed by atoms with Gasteiger partial charge in [0.25, 0.3) is 0 Å². The van der Waals surface area contributed by atoms with Gasteiger partial charge in [0.05, 0.1) is 3.79 Å². The first kappa shape index (κ1) is 16.1. The van der Waals surface area contributed by atoms with E-state index in [2.05, 4.69) is 29.8 Å². The Morgan fingerprint density at radius 2 is 2.11 bits per heavy atom. The molecule has 0 amide bonds. The number of halogens is 1. The third kappa shape index (κ3) is 3.77. The standard InChI is InChI=1S/C11H19BrN2O2S2/c1-8(2)4-5-14(3)18(15,16)10-6-9(7-13)17-11(10)12/h6,8H,4-5,7,13H2,1-3H3. The number of hydrogen-bond acceptors (Lipinski definition) is 4. The van der Waals surface area contributed by atoms with E-state index in [9.17, 15) is 8.42 Å². The van der Waals surface area contributed by atoms with Gasteiger partial charge in [-0.3, -0.25) is 0 Å². The Kier molecular flexibility index (Phi) is 5.79. The van der Waals surface area contributed by atoms with Crippen LogP contribution in [0.5, 0.6) is 0 Å². The summed E-state index contributed by atoms with van der Waals surface area (Å²) in [6, 6.07) is 1.65. The highest BCUT2D eigenvalue weighted by Crippen LogP contribution is 2.33. The minimum atomic E-state index is -3.41. The molecule has 2 N–H and O–H groups in total. The number of rotatable bonds is 6. The minimum absolute atomic E-state index is 0.319. The molecule has 0 aromatic carbocycles. The summed E-state index contributed by atoms with van der Waals surface area (Å²) in [5.74, 6) is 0.480. The van der Waals surface area contributed by atoms with E-state index in [1.54, 1.807) is 13.1 Å². The van der Waals surface area contributed by atoms with Gasteiger partial charge in [-0.2, -0.15) is 0 Å². The van der Waals surface area contributed by atoms with Crippen molar-refractivity contribution >= 4 is 37.3 Å². The van der Waals surface area contributed by atoms with Crippen molar-refractivity contribution in [3.8, 4) is 0 Å². The molecule has 0 atom stereocenters. The Bertz CT molecular complexity index is 497. The maximum Gasteiger partial charge on any atom is 0.244 e. The molecule has 0 unspecified atom stereocenters. The molecule has 0 bridgehead atoms. The van der Waals surface area contributed by atoms with E-state index >= 15 is 0 Å². The zero-order valence-corrected chi connectivity index (χ0v) is 14.0. The number of nitrogens with two attached hydrogens (primary N) is 1. The molecule has 0 radical (unpaired) electrons. The number of thiophene rings is 1. The van der Waals surface area contributed by atoms with Crippen molar-refractivity contribution in [2.75, 3.05) is 13.6 Å². The molecule has 0 fully saturated rings. The minimum Gasteiger partial charge on any atom is -0.326 e. The lowest BCUT2D eigenvalue weighted by Crippen LogP contribution is -2.28. The van der Waals surface area contributed by atoms with Crippen LogP contribution >= 0.6 is 27.3 Å². The van der Waals surface area contributed by atoms with Crippen molar-refractivity contribution in [3.63, 3.8) is 0 Å². The largest absolute Gasteiger partial charge is 0.326 e. The van der Waals surface area contributed by atoms with Crippen LogP contribution in [0, 0.1) is 5.92 Å². The number of sulfonamides is 1. The number of nitrogens with zero attached hydrogens (tertiary/aromatic N) is 1. The molecule has 1 heterocycles. The highest BCUT2D eigenvalue weighted by Gasteiger charge is 2.25. The topological polar surface area (TPSA) is 63.4 Å². The summed E-state index contributed by atoms with van der Waals surface area (Å²) in [6.07, 6.45) is 0.848. The molecular weight excluding hydrogens is 336 g/mol. The summed E-state index contributed by atoms with van der Waals surface area (Å²) in [7, 11) is -1.80. The highest BCUT2D eigenvalue weighted by atomic mass is 79.9. The van der Waals surface area contributed by atoms with Crippen LogP contribution in [0.3, 0.4) is 0 Å². The first-order chi connectivity index (χ1) is 8.28. The predicted molar refractivity (Wildman–Crippen MR) is 79.2 cm³/mol. The monoisotopic (exact) mass is 354 g/mol. The molecule has 1 aromatic heterocycles. The Morgan fingerprint density at radius 3 is 2.56 bits per heavy atom. The van der Waals surface area contributed by atoms with Gasteiger partial charge in [0.2, 0.25) is 10.0 Å². The zero-order chi connectivity index (χ0) is 13.9. The summed E-state index contributed by atoms with van der Waals surface area (Å²) in [4.78, 5) is 1.18. The van der Waals surface area contributed by atoms with Gasteiger partial charge in [-0.15, -0.1) is 11.3 Å². The fourth-order valence-electron chi connectivity index (χ4n) is 1.40. The summed E-state index contributed by atoms with van der Waals surface area (Å²) in [5.41, 5.74) is 5.53. The fraction of sp³-hybridized carbons (Fsp3) is 0.636. The van der Waals surface area contributed by atoms with Crippen molar-refractivity contribution in [1.29, 1.82) is 0 Å². The lowest BCUT2D eigenvalue weighted by molar-refractivity contribution is 0.428. The number of hydrogen-bond donors (Lipinski definition) is 1. The van der Waals surface area contributed by atoms with Gasteiger partial charge in [0, 0.05) is 25.0 Å². The van der Waals surface area contributed by atoms with Crippen LogP contribution in [0.2, 0.25) is 0 Å². The van der Waals surface area contributed by atoms with Crippen molar-refractivity contribution in [2.24, 2.45) is 11.7 Å². The van der Waals surface area contributed by atoms with Gasteiger partial charge >= 0.3 is 0 Å². The summed E-state index contributed by atoms with van der Waals surface area (Å²) >= 11 is 4.67. The van der Waals surface area contributed by atoms with Crippen LogP contribution in [0.4, 0.5) is 0 Å². The Balaban J connectivity index is 2.94. The van der Waals surface area contributed by atoms with E-state index in [4.69, 9.17) is 5.73 Å². The molecule has 0 aliphatic heterocycles. The molecule has 1 aromatic rings. The van der Waals surface area contributed by atoms with Crippen LogP contribution in [0.25, 0.3) is 0 Å². The molecule has 0 aliphatic carbocycles. The Hall–Kier alpha value is 0.0500. The Labute approximate surface area is 121 Å². The summed E-state index contributed by atoms with van der Waals surface area (Å²) < 4.78 is 26.7. The van der Waals surface area contributed by atoms with Gasteiger partial charge < -0.3 is 5.73 Å². The van der Waals surface area contributed by atoms with E-state index in [0.717, 1.165) is 11.3 Å². The normalized spacial score (nSPS) is 12.6. The van der Waals surface area contributed by atoms with Crippen LogP contribution < -0.4 is 5.73 Å². The van der Waals surface area contributed by atoms with E-state index in [-0.39, 0.29) is 0 Å². The summed E-state index contributed by atoms with van der Waals surface area (Å²) in [5, 5.41) is 0. The molecule has 0 aliphatic rings. The van der Waals surface area contributed by atoms with Crippen LogP contribution in [0.1, 0.15) is 25.1 Å². The molecule has 4 nitrogen and oxygen atoms in total. The van der Waals surface area contributed by atoms with Crippen LogP contribution in [-0.2, 0) is 16.6 Å². The van der Waals surface area contributed by atoms with E-state index in [1.165, 1.54) is 15.6 Å². The molecule has 0 saturated heterocycles. The molecule has 1 rings (SSSR count). The molecular formula is C11H19BrN2O2S2. The molecule has 18 heavy (non-hydrogen) atoms. The second-order valence-electron chi connectivity index (χ2n) is 4.56. The maximum absolute atomic E-state index is 12.4. The first-order valence-electron chi connectivity index (χ1n) is 5.73. The lowest BCUT2D eigenvalue weighted by Gasteiger charge is -2.17. The smallest absolute Gasteiger partial charge is 0.244 e. The second-order valence-corrected chi connectivity index (χ2v) is 9.03. The van der Waals surface area contributed by atoms with Crippen LogP contribution in [-0.4, -0.2) is 26.3 Å². The quantitative estimate of drug-likeness (QED) is 0.853. The lowest BCUT2D eigenvalue weighted by atomic mass is 10.1. The second kappa shape index (κ2) is 6.47. The zero-order valence-electron chi connectivity index (χ0n) is 10.8. The first-order valence-corrected chi connectivity index (χ1v) is 8.78. The van der Waals surface area contributed by atoms with E-state index in [0.29, 0.717) is 27.7 Å². The fourth-order valence-corrected chi connectivity index (χ4v) is 5.10. The van der Waals surface area contributed by atoms with Gasteiger partial charge in [0.1, 0.15) is 4.90 Å².